The molecule has 1 aromatic carbocycles. The zero-order valence-corrected chi connectivity index (χ0v) is 12.1. The van der Waals surface area contributed by atoms with Gasteiger partial charge in [-0.15, -0.1) is 11.3 Å². The Labute approximate surface area is 121 Å². The summed E-state index contributed by atoms with van der Waals surface area (Å²) in [6, 6.07) is 8.88. The van der Waals surface area contributed by atoms with Crippen LogP contribution in [0.1, 0.15) is 27.7 Å². The minimum atomic E-state index is -1.21. The summed E-state index contributed by atoms with van der Waals surface area (Å²) in [5, 5.41) is 21.4. The average molecular weight is 292 g/mol. The fourth-order valence-electron chi connectivity index (χ4n) is 2.12. The number of aromatic carboxylic acids is 1. The molecule has 1 atom stereocenters. The van der Waals surface area contributed by atoms with Gasteiger partial charge in [-0.2, -0.15) is 0 Å². The van der Waals surface area contributed by atoms with Crippen molar-refractivity contribution in [3.8, 4) is 5.75 Å². The Bertz CT molecular complexity index is 599. The van der Waals surface area contributed by atoms with Gasteiger partial charge in [0, 0.05) is 6.42 Å². The van der Waals surface area contributed by atoms with Crippen molar-refractivity contribution in [3.05, 3.63) is 51.7 Å². The van der Waals surface area contributed by atoms with Crippen molar-refractivity contribution >= 4 is 17.3 Å². The van der Waals surface area contributed by atoms with Gasteiger partial charge in [0.2, 0.25) is 0 Å². The molecule has 5 heteroatoms. The standard InChI is InChI=1S/C15H16O4S/c1-15(18,13-12(14(16)17)7-8-20-13)9-10-3-5-11(19-2)6-4-10/h3-8,18H,9H2,1-2H3,(H,16,17). The number of carboxylic acids is 1. The SMILES string of the molecule is COc1ccc(CC(C)(O)c2sccc2C(=O)O)cc1. The second-order valence-electron chi connectivity index (χ2n) is 4.77. The van der Waals surface area contributed by atoms with Crippen molar-refractivity contribution in [1.29, 1.82) is 0 Å². The monoisotopic (exact) mass is 292 g/mol. The van der Waals surface area contributed by atoms with Crippen molar-refractivity contribution in [2.75, 3.05) is 7.11 Å². The van der Waals surface area contributed by atoms with Crippen molar-refractivity contribution in [2.24, 2.45) is 0 Å². The number of aliphatic hydroxyl groups is 1. The van der Waals surface area contributed by atoms with Gasteiger partial charge in [-0.1, -0.05) is 12.1 Å². The fourth-order valence-corrected chi connectivity index (χ4v) is 3.06. The Morgan fingerprint density at radius 3 is 2.50 bits per heavy atom. The van der Waals surface area contributed by atoms with Gasteiger partial charge >= 0.3 is 5.97 Å². The number of benzene rings is 1. The van der Waals surface area contributed by atoms with Crippen LogP contribution in [0.3, 0.4) is 0 Å². The first-order chi connectivity index (χ1) is 9.44. The van der Waals surface area contributed by atoms with E-state index in [1.165, 1.54) is 17.4 Å². The van der Waals surface area contributed by atoms with E-state index in [9.17, 15) is 9.90 Å². The summed E-state index contributed by atoms with van der Waals surface area (Å²) >= 11 is 1.26. The van der Waals surface area contributed by atoms with Crippen LogP contribution in [0.25, 0.3) is 0 Å². The Balaban J connectivity index is 2.25. The van der Waals surface area contributed by atoms with Crippen LogP contribution in [0, 0.1) is 0 Å². The number of rotatable bonds is 5. The van der Waals surface area contributed by atoms with Crippen LogP contribution < -0.4 is 4.74 Å². The molecular weight excluding hydrogens is 276 g/mol. The number of carbonyl (C=O) groups is 1. The molecule has 20 heavy (non-hydrogen) atoms. The third-order valence-electron chi connectivity index (χ3n) is 3.09. The van der Waals surface area contributed by atoms with Crippen molar-refractivity contribution < 1.29 is 19.7 Å². The molecule has 0 saturated heterocycles. The van der Waals surface area contributed by atoms with E-state index in [-0.39, 0.29) is 5.56 Å². The molecule has 2 N–H and O–H groups in total. The highest BCUT2D eigenvalue weighted by Gasteiger charge is 2.30. The van der Waals surface area contributed by atoms with E-state index in [1.807, 2.05) is 24.3 Å². The summed E-state index contributed by atoms with van der Waals surface area (Å²) in [4.78, 5) is 11.6. The van der Waals surface area contributed by atoms with Crippen LogP contribution in [0.5, 0.6) is 5.75 Å². The zero-order chi connectivity index (χ0) is 14.8. The first-order valence-corrected chi connectivity index (χ1v) is 6.98. The lowest BCUT2D eigenvalue weighted by Crippen LogP contribution is -2.25. The van der Waals surface area contributed by atoms with E-state index in [1.54, 1.807) is 19.4 Å². The van der Waals surface area contributed by atoms with E-state index in [0.29, 0.717) is 11.3 Å². The molecular formula is C15H16O4S. The van der Waals surface area contributed by atoms with Crippen molar-refractivity contribution in [3.63, 3.8) is 0 Å². The predicted octanol–water partition coefficient (Wildman–Crippen LogP) is 2.91. The molecule has 0 amide bonds. The molecule has 0 aliphatic carbocycles. The molecule has 0 radical (unpaired) electrons. The molecule has 1 unspecified atom stereocenters. The minimum absolute atomic E-state index is 0.161. The molecule has 4 nitrogen and oxygen atoms in total. The third kappa shape index (κ3) is 3.00. The Morgan fingerprint density at radius 2 is 1.95 bits per heavy atom. The molecule has 0 bridgehead atoms. The van der Waals surface area contributed by atoms with Crippen LogP contribution >= 0.6 is 11.3 Å². The lowest BCUT2D eigenvalue weighted by atomic mass is 9.93. The second-order valence-corrected chi connectivity index (χ2v) is 5.68. The molecule has 0 saturated carbocycles. The number of hydrogen-bond acceptors (Lipinski definition) is 4. The van der Waals surface area contributed by atoms with Gasteiger partial charge in [-0.3, -0.25) is 0 Å². The smallest absolute Gasteiger partial charge is 0.336 e. The summed E-state index contributed by atoms with van der Waals surface area (Å²) in [6.45, 7) is 1.63. The third-order valence-corrected chi connectivity index (χ3v) is 4.26. The highest BCUT2D eigenvalue weighted by atomic mass is 32.1. The maximum atomic E-state index is 11.1. The largest absolute Gasteiger partial charge is 0.497 e. The van der Waals surface area contributed by atoms with E-state index in [4.69, 9.17) is 9.84 Å². The first-order valence-electron chi connectivity index (χ1n) is 6.10. The van der Waals surface area contributed by atoms with Gasteiger partial charge in [-0.25, -0.2) is 4.79 Å². The molecule has 0 spiro atoms. The highest BCUT2D eigenvalue weighted by molar-refractivity contribution is 7.10. The average Bonchev–Trinajstić information content (AvgIpc) is 2.89. The van der Waals surface area contributed by atoms with Gasteiger partial charge < -0.3 is 14.9 Å². The summed E-state index contributed by atoms with van der Waals surface area (Å²) in [6.07, 6.45) is 0.345. The summed E-state index contributed by atoms with van der Waals surface area (Å²) in [5.41, 5.74) is -0.134. The van der Waals surface area contributed by atoms with Gasteiger partial charge in [0.25, 0.3) is 0 Å². The van der Waals surface area contributed by atoms with Crippen LogP contribution in [-0.4, -0.2) is 23.3 Å². The summed E-state index contributed by atoms with van der Waals surface area (Å²) in [7, 11) is 1.59. The van der Waals surface area contributed by atoms with Crippen LogP contribution in [0.15, 0.2) is 35.7 Å². The van der Waals surface area contributed by atoms with Crippen LogP contribution in [0.2, 0.25) is 0 Å². The van der Waals surface area contributed by atoms with Crippen LogP contribution in [-0.2, 0) is 12.0 Å². The molecule has 0 fully saturated rings. The molecule has 0 aliphatic rings. The first kappa shape index (κ1) is 14.6. The molecule has 1 aromatic heterocycles. The van der Waals surface area contributed by atoms with E-state index < -0.39 is 11.6 Å². The number of carboxylic acid groups (broad SMARTS) is 1. The van der Waals surface area contributed by atoms with Gasteiger partial charge in [0.15, 0.2) is 0 Å². The summed E-state index contributed by atoms with van der Waals surface area (Å²) < 4.78 is 5.08. The number of methoxy groups -OCH3 is 1. The van der Waals surface area contributed by atoms with Gasteiger partial charge in [0.1, 0.15) is 11.4 Å². The van der Waals surface area contributed by atoms with E-state index >= 15 is 0 Å². The number of thiophene rings is 1. The lowest BCUT2D eigenvalue weighted by Gasteiger charge is -2.23. The number of hydrogen-bond donors (Lipinski definition) is 2. The maximum absolute atomic E-state index is 11.1. The summed E-state index contributed by atoms with van der Waals surface area (Å²) in [5.74, 6) is -0.271. The quantitative estimate of drug-likeness (QED) is 0.889. The van der Waals surface area contributed by atoms with Crippen molar-refractivity contribution in [1.82, 2.24) is 0 Å². The minimum Gasteiger partial charge on any atom is -0.497 e. The maximum Gasteiger partial charge on any atom is 0.336 e. The topological polar surface area (TPSA) is 66.8 Å². The van der Waals surface area contributed by atoms with Gasteiger partial charge in [-0.05, 0) is 36.1 Å². The fraction of sp³-hybridized carbons (Fsp3) is 0.267. The zero-order valence-electron chi connectivity index (χ0n) is 11.3. The Kier molecular flexibility index (Phi) is 4.11. The van der Waals surface area contributed by atoms with Crippen LogP contribution in [0.4, 0.5) is 0 Å². The molecule has 0 aliphatic heterocycles. The molecule has 106 valence electrons. The lowest BCUT2D eigenvalue weighted by molar-refractivity contribution is 0.0550. The van der Waals surface area contributed by atoms with Gasteiger partial charge in [0.05, 0.1) is 17.6 Å². The molecule has 2 rings (SSSR count). The molecule has 2 aromatic rings. The Hall–Kier alpha value is -1.85. The van der Waals surface area contributed by atoms with Crippen molar-refractivity contribution in [2.45, 2.75) is 18.9 Å². The van der Waals surface area contributed by atoms with E-state index in [2.05, 4.69) is 0 Å². The predicted molar refractivity (Wildman–Crippen MR) is 77.5 cm³/mol. The van der Waals surface area contributed by atoms with E-state index in [0.717, 1.165) is 11.3 Å². The second kappa shape index (κ2) is 5.64. The normalized spacial score (nSPS) is 13.8. The number of ether oxygens (including phenoxy) is 1. The Morgan fingerprint density at radius 1 is 1.30 bits per heavy atom. The molecule has 1 heterocycles. The highest BCUT2D eigenvalue weighted by Crippen LogP contribution is 2.33.